The van der Waals surface area contributed by atoms with Gasteiger partial charge in [-0.3, -0.25) is 14.4 Å². The molecule has 0 aliphatic rings. The van der Waals surface area contributed by atoms with E-state index >= 15 is 0 Å². The Kier molecular flexibility index (Phi) is 65.5. The molecular formula is C71H138O6. The zero-order chi connectivity index (χ0) is 55.7. The number of carbonyl (C=O) groups is 3. The minimum Gasteiger partial charge on any atom is -0.462 e. The third-order valence-electron chi connectivity index (χ3n) is 16.6. The van der Waals surface area contributed by atoms with Crippen molar-refractivity contribution in [1.82, 2.24) is 0 Å². The topological polar surface area (TPSA) is 78.9 Å². The second-order valence-electron chi connectivity index (χ2n) is 24.5. The van der Waals surface area contributed by atoms with Crippen LogP contribution in [0.4, 0.5) is 0 Å². The Morgan fingerprint density at radius 1 is 0.208 bits per heavy atom. The molecule has 0 rings (SSSR count). The Labute approximate surface area is 482 Å². The van der Waals surface area contributed by atoms with Crippen LogP contribution in [0.3, 0.4) is 0 Å². The molecule has 0 N–H and O–H groups in total. The normalized spacial score (nSPS) is 11.9. The van der Waals surface area contributed by atoms with E-state index in [1.807, 2.05) is 0 Å². The van der Waals surface area contributed by atoms with Crippen LogP contribution in [0.2, 0.25) is 0 Å². The van der Waals surface area contributed by atoms with Gasteiger partial charge in [-0.05, 0) is 19.3 Å². The molecule has 0 fully saturated rings. The molecule has 0 aliphatic heterocycles. The minimum absolute atomic E-state index is 0.0613. The van der Waals surface area contributed by atoms with Gasteiger partial charge in [0, 0.05) is 19.3 Å². The summed E-state index contributed by atoms with van der Waals surface area (Å²) in [6, 6.07) is 0. The van der Waals surface area contributed by atoms with Crippen molar-refractivity contribution in [3.05, 3.63) is 0 Å². The maximum absolute atomic E-state index is 12.9. The Balaban J connectivity index is 3.97. The fourth-order valence-electron chi connectivity index (χ4n) is 11.3. The number of hydrogen-bond donors (Lipinski definition) is 0. The second-order valence-corrected chi connectivity index (χ2v) is 24.5. The smallest absolute Gasteiger partial charge is 0.306 e. The monoisotopic (exact) mass is 1090 g/mol. The molecule has 6 nitrogen and oxygen atoms in total. The highest BCUT2D eigenvalue weighted by Gasteiger charge is 2.19. The van der Waals surface area contributed by atoms with Crippen molar-refractivity contribution < 1.29 is 28.6 Å². The van der Waals surface area contributed by atoms with Gasteiger partial charge in [0.05, 0.1) is 0 Å². The average molecular weight is 1090 g/mol. The molecular weight excluding hydrogens is 949 g/mol. The molecule has 0 heterocycles. The van der Waals surface area contributed by atoms with Gasteiger partial charge in [0.1, 0.15) is 13.2 Å². The Morgan fingerprint density at radius 3 is 0.519 bits per heavy atom. The summed E-state index contributed by atoms with van der Waals surface area (Å²) in [5.74, 6) is -0.833. The van der Waals surface area contributed by atoms with Crippen LogP contribution in [0.5, 0.6) is 0 Å². The highest BCUT2D eigenvalue weighted by molar-refractivity contribution is 5.71. The van der Waals surface area contributed by atoms with Crippen molar-refractivity contribution in [2.24, 2.45) is 0 Å². The number of hydrogen-bond acceptors (Lipinski definition) is 6. The summed E-state index contributed by atoms with van der Waals surface area (Å²) in [6.45, 7) is 6.69. The largest absolute Gasteiger partial charge is 0.462 e. The van der Waals surface area contributed by atoms with Crippen molar-refractivity contribution in [2.45, 2.75) is 425 Å². The molecule has 0 saturated carbocycles. The first kappa shape index (κ1) is 75.4. The van der Waals surface area contributed by atoms with Gasteiger partial charge in [0.15, 0.2) is 6.10 Å². The number of unbranched alkanes of at least 4 members (excludes halogenated alkanes) is 56. The highest BCUT2D eigenvalue weighted by atomic mass is 16.6. The summed E-state index contributed by atoms with van der Waals surface area (Å²) >= 11 is 0. The van der Waals surface area contributed by atoms with E-state index in [0.717, 1.165) is 57.8 Å². The van der Waals surface area contributed by atoms with Crippen LogP contribution in [0, 0.1) is 0 Å². The van der Waals surface area contributed by atoms with Gasteiger partial charge >= 0.3 is 17.9 Å². The van der Waals surface area contributed by atoms with Gasteiger partial charge in [-0.1, -0.05) is 380 Å². The molecule has 0 aromatic rings. The standard InChI is InChI=1S/C71H138O6/c1-4-7-10-13-16-18-20-22-24-26-28-30-32-33-34-35-36-37-39-40-42-44-46-48-50-52-55-58-61-64-70(73)76-67-68(66-75-69(72)63-60-57-54-15-12-9-6-3)77-71(74)65-62-59-56-53-51-49-47-45-43-41-38-31-29-27-25-23-21-19-17-14-11-8-5-2/h68H,4-67H2,1-3H3. The summed E-state index contributed by atoms with van der Waals surface area (Å²) in [7, 11) is 0. The lowest BCUT2D eigenvalue weighted by Gasteiger charge is -2.18. The van der Waals surface area contributed by atoms with E-state index in [-0.39, 0.29) is 31.1 Å². The Bertz CT molecular complexity index is 1160. The molecule has 77 heavy (non-hydrogen) atoms. The molecule has 0 radical (unpaired) electrons. The SMILES string of the molecule is CCCCCCCCCCCCCCCCCCCCCCCCCCCCCCCC(=O)OCC(COC(=O)CCCCCCCCC)OC(=O)CCCCCCCCCCCCCCCCCCCCCCCCC. The van der Waals surface area contributed by atoms with Crippen LogP contribution in [-0.4, -0.2) is 37.2 Å². The fourth-order valence-corrected chi connectivity index (χ4v) is 11.3. The third-order valence-corrected chi connectivity index (χ3v) is 16.6. The molecule has 0 bridgehead atoms. The zero-order valence-corrected chi connectivity index (χ0v) is 52.8. The first-order valence-corrected chi connectivity index (χ1v) is 35.5. The molecule has 6 heteroatoms. The number of rotatable bonds is 67. The second kappa shape index (κ2) is 66.9. The lowest BCUT2D eigenvalue weighted by atomic mass is 10.0. The van der Waals surface area contributed by atoms with Crippen molar-refractivity contribution in [3.8, 4) is 0 Å². The van der Waals surface area contributed by atoms with E-state index in [2.05, 4.69) is 20.8 Å². The highest BCUT2D eigenvalue weighted by Crippen LogP contribution is 2.20. The van der Waals surface area contributed by atoms with Crippen molar-refractivity contribution in [2.75, 3.05) is 13.2 Å². The summed E-state index contributed by atoms with van der Waals surface area (Å²) in [6.07, 6.45) is 78.9. The molecule has 458 valence electrons. The van der Waals surface area contributed by atoms with E-state index in [1.54, 1.807) is 0 Å². The third kappa shape index (κ3) is 65.1. The fraction of sp³-hybridized carbons (Fsp3) is 0.958. The average Bonchev–Trinajstić information content (AvgIpc) is 3.43. The summed E-state index contributed by atoms with van der Waals surface area (Å²) in [4.78, 5) is 38.2. The predicted octanol–water partition coefficient (Wildman–Crippen LogP) is 24.2. The molecule has 0 aromatic heterocycles. The maximum Gasteiger partial charge on any atom is 0.306 e. The Morgan fingerprint density at radius 2 is 0.351 bits per heavy atom. The molecule has 0 spiro atoms. The predicted molar refractivity (Wildman–Crippen MR) is 335 cm³/mol. The van der Waals surface area contributed by atoms with Gasteiger partial charge in [-0.2, -0.15) is 0 Å². The van der Waals surface area contributed by atoms with Gasteiger partial charge in [-0.15, -0.1) is 0 Å². The quantitative estimate of drug-likeness (QED) is 0.0343. The lowest BCUT2D eigenvalue weighted by Crippen LogP contribution is -2.30. The van der Waals surface area contributed by atoms with Gasteiger partial charge in [-0.25, -0.2) is 0 Å². The van der Waals surface area contributed by atoms with Gasteiger partial charge in [0.25, 0.3) is 0 Å². The van der Waals surface area contributed by atoms with Crippen LogP contribution >= 0.6 is 0 Å². The maximum atomic E-state index is 12.9. The van der Waals surface area contributed by atoms with E-state index < -0.39 is 6.10 Å². The summed E-state index contributed by atoms with van der Waals surface area (Å²) < 4.78 is 16.9. The number of carbonyl (C=O) groups excluding carboxylic acids is 3. The first-order chi connectivity index (χ1) is 38.0. The van der Waals surface area contributed by atoms with Crippen molar-refractivity contribution in [3.63, 3.8) is 0 Å². The molecule has 0 aromatic carbocycles. The molecule has 0 amide bonds. The minimum atomic E-state index is -0.762. The summed E-state index contributed by atoms with van der Waals surface area (Å²) in [5.41, 5.74) is 0. The molecule has 0 aliphatic carbocycles. The molecule has 1 atom stereocenters. The van der Waals surface area contributed by atoms with Crippen LogP contribution in [0.15, 0.2) is 0 Å². The number of esters is 3. The van der Waals surface area contributed by atoms with Crippen LogP contribution < -0.4 is 0 Å². The van der Waals surface area contributed by atoms with E-state index in [9.17, 15) is 14.4 Å². The first-order valence-electron chi connectivity index (χ1n) is 35.5. The van der Waals surface area contributed by atoms with Crippen LogP contribution in [0.25, 0.3) is 0 Å². The summed E-state index contributed by atoms with van der Waals surface area (Å²) in [5, 5.41) is 0. The van der Waals surface area contributed by atoms with E-state index in [1.165, 1.54) is 321 Å². The van der Waals surface area contributed by atoms with Gasteiger partial charge in [0.2, 0.25) is 0 Å². The van der Waals surface area contributed by atoms with E-state index in [0.29, 0.717) is 19.3 Å². The van der Waals surface area contributed by atoms with Gasteiger partial charge < -0.3 is 14.2 Å². The lowest BCUT2D eigenvalue weighted by molar-refractivity contribution is -0.167. The van der Waals surface area contributed by atoms with E-state index in [4.69, 9.17) is 14.2 Å². The molecule has 1 unspecified atom stereocenters. The van der Waals surface area contributed by atoms with Crippen molar-refractivity contribution >= 4 is 17.9 Å². The molecule has 0 saturated heterocycles. The van der Waals surface area contributed by atoms with Crippen LogP contribution in [0.1, 0.15) is 419 Å². The Hall–Kier alpha value is -1.59. The van der Waals surface area contributed by atoms with Crippen molar-refractivity contribution in [1.29, 1.82) is 0 Å². The van der Waals surface area contributed by atoms with Crippen LogP contribution in [-0.2, 0) is 28.6 Å². The zero-order valence-electron chi connectivity index (χ0n) is 52.8. The number of ether oxygens (including phenoxy) is 3.